The summed E-state index contributed by atoms with van der Waals surface area (Å²) in [7, 11) is 0. The first-order valence-corrected chi connectivity index (χ1v) is 22.3. The number of aryl methyl sites for hydroxylation is 2. The Morgan fingerprint density at radius 2 is 1.60 bits per heavy atom. The smallest absolute Gasteiger partial charge is 0.263 e. The van der Waals surface area contributed by atoms with Crippen molar-refractivity contribution in [2.75, 3.05) is 49.5 Å². The zero-order chi connectivity index (χ0) is 43.3. The van der Waals surface area contributed by atoms with Crippen molar-refractivity contribution in [3.8, 4) is 5.75 Å². The molecule has 4 aromatic heterocycles. The van der Waals surface area contributed by atoms with Crippen LogP contribution in [0, 0.1) is 13.8 Å². The molecule has 3 aliphatic rings. The molecule has 5 aromatic rings. The first kappa shape index (κ1) is 42.7. The number of pyridine rings is 3. The number of hydrogen-bond acceptors (Lipinski definition) is 12. The summed E-state index contributed by atoms with van der Waals surface area (Å²) in [5, 5.41) is 7.20. The van der Waals surface area contributed by atoms with Crippen LogP contribution in [0.4, 0.5) is 17.5 Å². The minimum Gasteiger partial charge on any atom is -0.494 e. The van der Waals surface area contributed by atoms with Gasteiger partial charge in [-0.1, -0.05) is 38.5 Å². The quantitative estimate of drug-likeness (QED) is 0.0613. The number of amides is 2. The van der Waals surface area contributed by atoms with E-state index in [2.05, 4.69) is 36.5 Å². The number of nitrogens with one attached hydrogen (secondary N) is 2. The molecule has 1 atom stereocenters. The maximum Gasteiger partial charge on any atom is 0.263 e. The summed E-state index contributed by atoms with van der Waals surface area (Å²) >= 11 is 0. The van der Waals surface area contributed by atoms with Crippen molar-refractivity contribution in [2.24, 2.45) is 0 Å². The standard InChI is InChI=1S/C47H57N9O6/c1-30-26-42(59)56(38-17-19-41(58)51-45(38)60)39-27-35(15-16-36(30)39)62-25-11-7-5-4-6-10-20-53-21-23-54(24-22-53)34-14-18-40(48-28-34)50-47-49-29-37-31(2)43(32(3)57)46(61)55(44(37)52-47)33-12-8-9-13-33/h14-16,18,26-29,33,38H,4-13,17,19-25H2,1-3H3,(H,51,58,60)(H,48,49,50,52). The monoisotopic (exact) mass is 843 g/mol. The second-order valence-corrected chi connectivity index (χ2v) is 17.1. The third-order valence-corrected chi connectivity index (χ3v) is 12.9. The van der Waals surface area contributed by atoms with Gasteiger partial charge in [0, 0.05) is 67.7 Å². The lowest BCUT2D eigenvalue weighted by Crippen LogP contribution is -2.46. The van der Waals surface area contributed by atoms with E-state index in [1.165, 1.54) is 30.8 Å². The summed E-state index contributed by atoms with van der Waals surface area (Å²) in [4.78, 5) is 82.3. The third-order valence-electron chi connectivity index (χ3n) is 12.9. The number of hydrogen-bond donors (Lipinski definition) is 2. The Balaban J connectivity index is 0.748. The van der Waals surface area contributed by atoms with Crippen LogP contribution in [0.15, 0.2) is 58.4 Å². The van der Waals surface area contributed by atoms with Crippen LogP contribution in [-0.2, 0) is 9.59 Å². The number of ether oxygens (including phenoxy) is 1. The molecule has 2 aliphatic heterocycles. The van der Waals surface area contributed by atoms with Crippen LogP contribution in [-0.4, -0.2) is 85.9 Å². The van der Waals surface area contributed by atoms with Gasteiger partial charge in [-0.25, -0.2) is 9.97 Å². The van der Waals surface area contributed by atoms with E-state index < -0.39 is 11.9 Å². The number of benzene rings is 1. The van der Waals surface area contributed by atoms with Gasteiger partial charge in [0.2, 0.25) is 17.8 Å². The molecular formula is C47H57N9O6. The summed E-state index contributed by atoms with van der Waals surface area (Å²) in [6.45, 7) is 10.7. The van der Waals surface area contributed by atoms with Gasteiger partial charge in [0.15, 0.2) is 5.78 Å². The minimum atomic E-state index is -0.726. The molecule has 6 heterocycles. The lowest BCUT2D eigenvalue weighted by molar-refractivity contribution is -0.135. The number of anilines is 3. The Hall–Kier alpha value is -5.96. The van der Waals surface area contributed by atoms with Gasteiger partial charge in [-0.05, 0) is 94.8 Å². The topological polar surface area (TPSA) is 174 Å². The molecule has 0 spiro atoms. The molecule has 1 unspecified atom stereocenters. The number of fused-ring (bicyclic) bond motifs is 2. The van der Waals surface area contributed by atoms with Crippen molar-refractivity contribution in [2.45, 2.75) is 110 Å². The molecule has 8 rings (SSSR count). The Morgan fingerprint density at radius 1 is 0.839 bits per heavy atom. The number of carbonyl (C=O) groups excluding carboxylic acids is 3. The van der Waals surface area contributed by atoms with Gasteiger partial charge in [-0.3, -0.25) is 43.3 Å². The Morgan fingerprint density at radius 3 is 2.32 bits per heavy atom. The first-order chi connectivity index (χ1) is 30.0. The fourth-order valence-electron chi connectivity index (χ4n) is 9.47. The highest BCUT2D eigenvalue weighted by Gasteiger charge is 2.30. The molecular weight excluding hydrogens is 787 g/mol. The van der Waals surface area contributed by atoms with E-state index in [1.54, 1.807) is 23.8 Å². The molecule has 2 amide bonds. The third kappa shape index (κ3) is 9.27. The zero-order valence-corrected chi connectivity index (χ0v) is 36.1. The van der Waals surface area contributed by atoms with E-state index in [9.17, 15) is 24.0 Å². The van der Waals surface area contributed by atoms with Crippen LogP contribution in [0.1, 0.15) is 118 Å². The highest BCUT2D eigenvalue weighted by Crippen LogP contribution is 2.32. The first-order valence-electron chi connectivity index (χ1n) is 22.3. The SMILES string of the molecule is CC(=O)c1c(C)c2cnc(Nc3ccc(N4CCN(CCCCCCCCOc5ccc6c(C)cc(=O)n(C7CCC(=O)NC7=O)c6c5)CC4)cn3)nc2n(C2CCCC2)c1=O. The second-order valence-electron chi connectivity index (χ2n) is 17.1. The van der Waals surface area contributed by atoms with Crippen molar-refractivity contribution in [3.63, 3.8) is 0 Å². The number of piperazine rings is 1. The predicted molar refractivity (Wildman–Crippen MR) is 240 cm³/mol. The van der Waals surface area contributed by atoms with Crippen LogP contribution < -0.4 is 31.4 Å². The van der Waals surface area contributed by atoms with Crippen molar-refractivity contribution in [1.29, 1.82) is 0 Å². The van der Waals surface area contributed by atoms with E-state index in [0.29, 0.717) is 47.3 Å². The highest BCUT2D eigenvalue weighted by molar-refractivity contribution is 6.00. The van der Waals surface area contributed by atoms with E-state index in [0.717, 1.165) is 99.7 Å². The molecule has 0 bridgehead atoms. The number of Topliss-reactive ketones (excluding diaryl/α,β-unsaturated/α-hetero) is 1. The molecule has 2 saturated heterocycles. The van der Waals surface area contributed by atoms with Gasteiger partial charge in [-0.15, -0.1) is 0 Å². The fourth-order valence-corrected chi connectivity index (χ4v) is 9.47. The van der Waals surface area contributed by atoms with E-state index >= 15 is 0 Å². The summed E-state index contributed by atoms with van der Waals surface area (Å²) in [6, 6.07) is 10.5. The van der Waals surface area contributed by atoms with Crippen LogP contribution in [0.5, 0.6) is 5.75 Å². The molecule has 15 heteroatoms. The predicted octanol–water partition coefficient (Wildman–Crippen LogP) is 6.70. The number of imide groups is 1. The van der Waals surface area contributed by atoms with Crippen molar-refractivity contribution in [3.05, 3.63) is 86.2 Å². The average molecular weight is 844 g/mol. The van der Waals surface area contributed by atoms with Crippen LogP contribution in [0.25, 0.3) is 21.9 Å². The molecule has 62 heavy (non-hydrogen) atoms. The van der Waals surface area contributed by atoms with E-state index in [1.807, 2.05) is 37.4 Å². The maximum absolute atomic E-state index is 13.6. The summed E-state index contributed by atoms with van der Waals surface area (Å²) < 4.78 is 9.32. The van der Waals surface area contributed by atoms with Gasteiger partial charge in [0.05, 0.1) is 29.6 Å². The Bertz CT molecular complexity index is 2590. The molecule has 1 saturated carbocycles. The number of rotatable bonds is 16. The molecule has 326 valence electrons. The molecule has 3 fully saturated rings. The number of piperidine rings is 1. The number of ketones is 1. The van der Waals surface area contributed by atoms with Gasteiger partial charge in [0.1, 0.15) is 23.3 Å². The van der Waals surface area contributed by atoms with Crippen molar-refractivity contribution < 1.29 is 19.1 Å². The normalized spacial score (nSPS) is 17.5. The lowest BCUT2D eigenvalue weighted by atomic mass is 10.0. The number of nitrogens with zero attached hydrogens (tertiary/aromatic N) is 7. The number of unbranched alkanes of at least 4 members (excludes halogenated alkanes) is 5. The maximum atomic E-state index is 13.6. The zero-order valence-electron chi connectivity index (χ0n) is 36.1. The molecule has 1 aliphatic carbocycles. The summed E-state index contributed by atoms with van der Waals surface area (Å²) in [5.41, 5.74) is 3.43. The van der Waals surface area contributed by atoms with Gasteiger partial charge in [0.25, 0.3) is 11.1 Å². The second kappa shape index (κ2) is 19.0. The molecule has 2 N–H and O–H groups in total. The molecule has 0 radical (unpaired) electrons. The molecule has 15 nitrogen and oxygen atoms in total. The van der Waals surface area contributed by atoms with Crippen molar-refractivity contribution >= 4 is 57.0 Å². The fraction of sp³-hybridized carbons (Fsp3) is 0.489. The largest absolute Gasteiger partial charge is 0.494 e. The van der Waals surface area contributed by atoms with Gasteiger partial charge >= 0.3 is 0 Å². The van der Waals surface area contributed by atoms with Crippen molar-refractivity contribution in [1.82, 2.24) is 34.3 Å². The van der Waals surface area contributed by atoms with E-state index in [-0.39, 0.29) is 40.8 Å². The molecule has 1 aromatic carbocycles. The van der Waals surface area contributed by atoms with Crippen LogP contribution in [0.2, 0.25) is 0 Å². The summed E-state index contributed by atoms with van der Waals surface area (Å²) in [5.74, 6) is 0.651. The van der Waals surface area contributed by atoms with Gasteiger partial charge < -0.3 is 15.0 Å². The average Bonchev–Trinajstić information content (AvgIpc) is 3.79. The highest BCUT2D eigenvalue weighted by atomic mass is 16.5. The van der Waals surface area contributed by atoms with Gasteiger partial charge in [-0.2, -0.15) is 4.98 Å². The number of aromatic nitrogens is 5. The lowest BCUT2D eigenvalue weighted by Gasteiger charge is -2.36. The van der Waals surface area contributed by atoms with E-state index in [4.69, 9.17) is 9.72 Å². The summed E-state index contributed by atoms with van der Waals surface area (Å²) in [6.07, 6.45) is 14.7. The number of carbonyl (C=O) groups is 3. The Kier molecular flexibility index (Phi) is 13.1. The Labute approximate surface area is 360 Å². The minimum absolute atomic E-state index is 0.0190. The van der Waals surface area contributed by atoms with Crippen LogP contribution in [0.3, 0.4) is 0 Å². The van der Waals surface area contributed by atoms with Crippen LogP contribution >= 0.6 is 0 Å².